The molecule has 1 amide bonds. The number of amides is 1. The van der Waals surface area contributed by atoms with E-state index in [-0.39, 0.29) is 22.0 Å². The van der Waals surface area contributed by atoms with Crippen molar-refractivity contribution in [3.8, 4) is 11.8 Å². The Morgan fingerprint density at radius 2 is 1.79 bits per heavy atom. The largest absolute Gasteiger partial charge is 0.423 e. The number of hydrogen-bond acceptors (Lipinski definition) is 9. The molecule has 2 aromatic carbocycles. The molecular formula is C22H17FN4O5S2. The Morgan fingerprint density at radius 1 is 1.15 bits per heavy atom. The number of carbonyl (C=O) groups is 2. The fraction of sp³-hybridized carbons (Fsp3) is 0.136. The van der Waals surface area contributed by atoms with Crippen molar-refractivity contribution in [1.29, 1.82) is 5.26 Å². The Hall–Kier alpha value is -3.95. The molecule has 12 heteroatoms. The van der Waals surface area contributed by atoms with Gasteiger partial charge in [0.2, 0.25) is 15.0 Å². The van der Waals surface area contributed by atoms with Gasteiger partial charge in [0.1, 0.15) is 23.2 Å². The summed E-state index contributed by atoms with van der Waals surface area (Å²) in [6, 6.07) is 12.6. The number of nitrogens with zero attached hydrogens (tertiary/aromatic N) is 3. The van der Waals surface area contributed by atoms with Crippen molar-refractivity contribution >= 4 is 44.5 Å². The lowest BCUT2D eigenvalue weighted by Crippen LogP contribution is -2.16. The lowest BCUT2D eigenvalue weighted by molar-refractivity contribution is -0.112. The maximum Gasteiger partial charge on any atom is 0.343 e. The first-order chi connectivity index (χ1) is 16.1. The second kappa shape index (κ2) is 10.3. The number of nitrogens with one attached hydrogen (secondary N) is 1. The summed E-state index contributed by atoms with van der Waals surface area (Å²) in [6.07, 6.45) is 1.30. The summed E-state index contributed by atoms with van der Waals surface area (Å²) in [4.78, 5) is 28.3. The van der Waals surface area contributed by atoms with Gasteiger partial charge in [-0.2, -0.15) is 14.6 Å². The summed E-state index contributed by atoms with van der Waals surface area (Å²) in [5.74, 6) is -1.73. The summed E-state index contributed by atoms with van der Waals surface area (Å²) >= 11 is 0.685. The number of hydrogen-bond donors (Lipinski definition) is 1. The van der Waals surface area contributed by atoms with Gasteiger partial charge in [0, 0.05) is 11.5 Å². The molecule has 0 bridgehead atoms. The Bertz CT molecular complexity index is 1390. The average Bonchev–Trinajstić information content (AvgIpc) is 3.28. The van der Waals surface area contributed by atoms with E-state index in [0.717, 1.165) is 12.1 Å². The molecule has 0 aliphatic rings. The number of aromatic nitrogens is 2. The van der Waals surface area contributed by atoms with Crippen LogP contribution in [0.2, 0.25) is 0 Å². The predicted molar refractivity (Wildman–Crippen MR) is 122 cm³/mol. The standard InChI is InChI=1S/C22H17FN4O5S2/c1-13(2)34(30,31)22-26-21(33-27-22)25-19(28)16(12-24)11-14-3-9-18(10-4-14)32-20(29)15-5-7-17(23)8-6-15/h3-11,13H,1-2H3,(H,25,26,27,28)/b16-11-. The average molecular weight is 501 g/mol. The van der Waals surface area contributed by atoms with E-state index in [2.05, 4.69) is 14.7 Å². The molecule has 3 rings (SSSR count). The van der Waals surface area contributed by atoms with Gasteiger partial charge in [-0.25, -0.2) is 17.6 Å². The van der Waals surface area contributed by atoms with Crippen molar-refractivity contribution in [3.63, 3.8) is 0 Å². The lowest BCUT2D eigenvalue weighted by atomic mass is 10.1. The summed E-state index contributed by atoms with van der Waals surface area (Å²) in [5, 5.41) is 10.5. The minimum absolute atomic E-state index is 0.0616. The van der Waals surface area contributed by atoms with Gasteiger partial charge in [-0.3, -0.25) is 10.1 Å². The van der Waals surface area contributed by atoms with Crippen LogP contribution in [0.5, 0.6) is 5.75 Å². The van der Waals surface area contributed by atoms with Crippen molar-refractivity contribution in [2.75, 3.05) is 5.32 Å². The summed E-state index contributed by atoms with van der Waals surface area (Å²) in [6.45, 7) is 2.97. The minimum atomic E-state index is -3.69. The molecule has 3 aromatic rings. The van der Waals surface area contributed by atoms with Gasteiger partial charge in [-0.15, -0.1) is 0 Å². The normalized spacial score (nSPS) is 11.7. The van der Waals surface area contributed by atoms with E-state index in [1.54, 1.807) is 6.07 Å². The number of carbonyl (C=O) groups excluding carboxylic acids is 2. The monoisotopic (exact) mass is 500 g/mol. The van der Waals surface area contributed by atoms with Gasteiger partial charge in [0.05, 0.1) is 10.8 Å². The van der Waals surface area contributed by atoms with Crippen LogP contribution in [0.1, 0.15) is 29.8 Å². The van der Waals surface area contributed by atoms with E-state index in [0.29, 0.717) is 17.1 Å². The van der Waals surface area contributed by atoms with Crippen molar-refractivity contribution < 1.29 is 27.1 Å². The van der Waals surface area contributed by atoms with Gasteiger partial charge < -0.3 is 4.74 Å². The highest BCUT2D eigenvalue weighted by atomic mass is 32.2. The number of ether oxygens (including phenoxy) is 1. The number of esters is 1. The quantitative estimate of drug-likeness (QED) is 0.225. The summed E-state index contributed by atoms with van der Waals surface area (Å²) in [7, 11) is -3.69. The van der Waals surface area contributed by atoms with E-state index < -0.39 is 37.9 Å². The Labute approximate surface area is 198 Å². The van der Waals surface area contributed by atoms with Crippen molar-refractivity contribution in [1.82, 2.24) is 9.36 Å². The molecule has 0 aliphatic carbocycles. The first-order valence-electron chi connectivity index (χ1n) is 9.68. The van der Waals surface area contributed by atoms with Crippen molar-refractivity contribution in [2.24, 2.45) is 0 Å². The van der Waals surface area contributed by atoms with E-state index in [9.17, 15) is 27.7 Å². The molecule has 34 heavy (non-hydrogen) atoms. The van der Waals surface area contributed by atoms with E-state index in [4.69, 9.17) is 4.74 Å². The zero-order chi connectivity index (χ0) is 24.9. The molecule has 0 saturated carbocycles. The zero-order valence-corrected chi connectivity index (χ0v) is 19.5. The third kappa shape index (κ3) is 5.89. The van der Waals surface area contributed by atoms with Gasteiger partial charge in [-0.05, 0) is 61.9 Å². The molecule has 0 unspecified atom stereocenters. The Kier molecular flexibility index (Phi) is 7.50. The van der Waals surface area contributed by atoms with Gasteiger partial charge >= 0.3 is 5.97 Å². The highest BCUT2D eigenvalue weighted by Gasteiger charge is 2.25. The van der Waals surface area contributed by atoms with Crippen LogP contribution >= 0.6 is 11.5 Å². The van der Waals surface area contributed by atoms with Crippen molar-refractivity contribution in [2.45, 2.75) is 24.3 Å². The molecule has 1 heterocycles. The van der Waals surface area contributed by atoms with E-state index in [1.165, 1.54) is 56.3 Å². The van der Waals surface area contributed by atoms with Gasteiger partial charge in [0.15, 0.2) is 0 Å². The third-order valence-corrected chi connectivity index (χ3v) is 7.03. The maximum absolute atomic E-state index is 13.0. The van der Waals surface area contributed by atoms with Crippen LogP contribution in [-0.4, -0.2) is 34.9 Å². The Morgan fingerprint density at radius 3 is 2.38 bits per heavy atom. The second-order valence-corrected chi connectivity index (χ2v) is 10.2. The predicted octanol–water partition coefficient (Wildman–Crippen LogP) is 3.62. The molecule has 1 aromatic heterocycles. The first-order valence-corrected chi connectivity index (χ1v) is 12.0. The van der Waals surface area contributed by atoms with Crippen LogP contribution in [0.3, 0.4) is 0 Å². The van der Waals surface area contributed by atoms with Gasteiger partial charge in [0.25, 0.3) is 11.1 Å². The molecule has 0 atom stereocenters. The van der Waals surface area contributed by atoms with Gasteiger partial charge in [-0.1, -0.05) is 12.1 Å². The highest BCUT2D eigenvalue weighted by Crippen LogP contribution is 2.20. The third-order valence-electron chi connectivity index (χ3n) is 4.35. The topological polar surface area (TPSA) is 139 Å². The maximum atomic E-state index is 13.0. The molecule has 0 spiro atoms. The molecule has 174 valence electrons. The number of rotatable bonds is 7. The number of halogens is 1. The Balaban J connectivity index is 1.68. The molecule has 0 radical (unpaired) electrons. The fourth-order valence-electron chi connectivity index (χ4n) is 2.45. The number of sulfone groups is 1. The number of benzene rings is 2. The zero-order valence-electron chi connectivity index (χ0n) is 17.9. The smallest absolute Gasteiger partial charge is 0.343 e. The summed E-state index contributed by atoms with van der Waals surface area (Å²) < 4.78 is 46.2. The molecule has 1 N–H and O–H groups in total. The minimum Gasteiger partial charge on any atom is -0.423 e. The number of nitriles is 1. The molecule has 9 nitrogen and oxygen atoms in total. The molecule has 0 aliphatic heterocycles. The van der Waals surface area contributed by atoms with Crippen molar-refractivity contribution in [3.05, 3.63) is 71.0 Å². The van der Waals surface area contributed by atoms with Crippen LogP contribution in [0.4, 0.5) is 9.52 Å². The highest BCUT2D eigenvalue weighted by molar-refractivity contribution is 7.91. The summed E-state index contributed by atoms with van der Waals surface area (Å²) in [5.41, 5.74) is 0.378. The lowest BCUT2D eigenvalue weighted by Gasteiger charge is -2.05. The van der Waals surface area contributed by atoms with Crippen LogP contribution in [0, 0.1) is 17.1 Å². The molecule has 0 saturated heterocycles. The first kappa shape index (κ1) is 24.7. The molecule has 0 fully saturated rings. The fourth-order valence-corrected chi connectivity index (χ4v) is 4.15. The van der Waals surface area contributed by atoms with E-state index >= 15 is 0 Å². The molecular weight excluding hydrogens is 483 g/mol. The van der Waals surface area contributed by atoms with E-state index in [1.807, 2.05) is 0 Å². The van der Waals surface area contributed by atoms with Crippen LogP contribution < -0.4 is 10.1 Å². The van der Waals surface area contributed by atoms with Crippen LogP contribution in [0.15, 0.2) is 59.3 Å². The van der Waals surface area contributed by atoms with Crippen LogP contribution in [-0.2, 0) is 14.6 Å². The van der Waals surface area contributed by atoms with Crippen LogP contribution in [0.25, 0.3) is 6.08 Å². The number of anilines is 1. The SMILES string of the molecule is CC(C)S(=O)(=O)c1nsc(NC(=O)/C(C#N)=C\c2ccc(OC(=O)c3ccc(F)cc3)cc2)n1. The second-order valence-electron chi connectivity index (χ2n) is 7.07.